The van der Waals surface area contributed by atoms with Gasteiger partial charge in [-0.25, -0.2) is 13.4 Å². The summed E-state index contributed by atoms with van der Waals surface area (Å²) < 4.78 is 22.2. The lowest BCUT2D eigenvalue weighted by atomic mass is 10.4. The maximum absolute atomic E-state index is 11.1. The molecule has 1 atom stereocenters. The van der Waals surface area contributed by atoms with E-state index in [2.05, 4.69) is 9.97 Å². The second-order valence-corrected chi connectivity index (χ2v) is 5.16. The Bertz CT molecular complexity index is 449. The van der Waals surface area contributed by atoms with Crippen molar-refractivity contribution in [1.82, 2.24) is 9.97 Å². The van der Waals surface area contributed by atoms with E-state index in [-0.39, 0.29) is 11.4 Å². The topological polar surface area (TPSA) is 79.9 Å². The van der Waals surface area contributed by atoms with Gasteiger partial charge in [0.05, 0.1) is 0 Å². The van der Waals surface area contributed by atoms with Crippen LogP contribution in [-0.4, -0.2) is 24.6 Å². The van der Waals surface area contributed by atoms with Crippen molar-refractivity contribution in [3.05, 3.63) is 28.4 Å². The first-order chi connectivity index (χ1) is 5.91. The molecule has 0 fully saturated rings. The van der Waals surface area contributed by atoms with Crippen molar-refractivity contribution in [3.8, 4) is 0 Å². The van der Waals surface area contributed by atoms with Gasteiger partial charge in [0, 0.05) is 18.5 Å². The molecular formula is C7H10N2O3S. The molecule has 0 aromatic carbocycles. The molecule has 0 aliphatic carbocycles. The van der Waals surface area contributed by atoms with E-state index >= 15 is 0 Å². The van der Waals surface area contributed by atoms with Gasteiger partial charge in [-0.15, -0.1) is 0 Å². The van der Waals surface area contributed by atoms with Gasteiger partial charge in [0.2, 0.25) is 0 Å². The molecule has 0 spiro atoms. The van der Waals surface area contributed by atoms with Crippen LogP contribution in [0.5, 0.6) is 0 Å². The minimum atomic E-state index is -3.21. The molecule has 0 amide bonds. The van der Waals surface area contributed by atoms with Crippen molar-refractivity contribution in [1.29, 1.82) is 0 Å². The minimum Gasteiger partial charge on any atom is -0.309 e. The lowest BCUT2D eigenvalue weighted by Crippen LogP contribution is -2.16. The fraction of sp³-hybridized carbons (Fsp3) is 0.429. The van der Waals surface area contributed by atoms with Crippen LogP contribution in [0.3, 0.4) is 0 Å². The Balaban J connectivity index is 3.17. The highest BCUT2D eigenvalue weighted by Crippen LogP contribution is 2.14. The molecule has 1 aromatic heterocycles. The highest BCUT2D eigenvalue weighted by atomic mass is 32.2. The summed E-state index contributed by atoms with van der Waals surface area (Å²) in [5, 5.41) is -0.776. The van der Waals surface area contributed by atoms with Gasteiger partial charge in [0.1, 0.15) is 11.1 Å². The molecule has 1 unspecified atom stereocenters. The fourth-order valence-corrected chi connectivity index (χ4v) is 1.32. The van der Waals surface area contributed by atoms with E-state index in [1.807, 2.05) is 0 Å². The number of nitrogens with zero attached hydrogens (tertiary/aromatic N) is 1. The van der Waals surface area contributed by atoms with Crippen LogP contribution in [0.1, 0.15) is 18.0 Å². The molecule has 0 aliphatic heterocycles. The zero-order chi connectivity index (χ0) is 10.1. The number of rotatable bonds is 2. The summed E-state index contributed by atoms with van der Waals surface area (Å²) in [4.78, 5) is 17.0. The quantitative estimate of drug-likeness (QED) is 0.724. The second kappa shape index (κ2) is 3.29. The van der Waals surface area contributed by atoms with Crippen molar-refractivity contribution in [2.45, 2.75) is 12.2 Å². The lowest BCUT2D eigenvalue weighted by Gasteiger charge is -2.06. The smallest absolute Gasteiger partial charge is 0.250 e. The maximum Gasteiger partial charge on any atom is 0.250 e. The van der Waals surface area contributed by atoms with Crippen molar-refractivity contribution < 1.29 is 8.42 Å². The summed E-state index contributed by atoms with van der Waals surface area (Å²) in [7, 11) is -3.21. The molecule has 0 radical (unpaired) electrons. The number of nitrogens with one attached hydrogen (secondary N) is 1. The van der Waals surface area contributed by atoms with Gasteiger partial charge in [-0.05, 0) is 6.92 Å². The number of sulfone groups is 1. The first kappa shape index (κ1) is 9.91. The number of hydrogen-bond acceptors (Lipinski definition) is 4. The van der Waals surface area contributed by atoms with Crippen LogP contribution in [0.4, 0.5) is 0 Å². The second-order valence-electron chi connectivity index (χ2n) is 2.79. The van der Waals surface area contributed by atoms with Gasteiger partial charge in [-0.1, -0.05) is 0 Å². The number of hydrogen-bond donors (Lipinski definition) is 1. The average Bonchev–Trinajstić information content (AvgIpc) is 2.01. The van der Waals surface area contributed by atoms with Gasteiger partial charge >= 0.3 is 0 Å². The predicted octanol–water partition coefficient (Wildman–Crippen LogP) is -0.124. The largest absolute Gasteiger partial charge is 0.309 e. The van der Waals surface area contributed by atoms with Crippen LogP contribution in [0.15, 0.2) is 17.1 Å². The third-order valence-electron chi connectivity index (χ3n) is 1.72. The Hall–Kier alpha value is -1.17. The standard InChI is InChI=1S/C7H10N2O3S/c1-5(13(2,11)12)7-8-4-3-6(10)9-7/h3-5H,1-2H3,(H,8,9,10). The molecule has 0 saturated carbocycles. The maximum atomic E-state index is 11.1. The van der Waals surface area contributed by atoms with Gasteiger partial charge in [0.15, 0.2) is 9.84 Å². The fourth-order valence-electron chi connectivity index (χ4n) is 0.795. The van der Waals surface area contributed by atoms with Crippen LogP contribution >= 0.6 is 0 Å². The van der Waals surface area contributed by atoms with Crippen molar-refractivity contribution in [3.63, 3.8) is 0 Å². The summed E-state index contributed by atoms with van der Waals surface area (Å²) in [5.41, 5.74) is -0.347. The van der Waals surface area contributed by atoms with Gasteiger partial charge in [-0.3, -0.25) is 4.79 Å². The zero-order valence-electron chi connectivity index (χ0n) is 7.31. The molecule has 0 bridgehead atoms. The van der Waals surface area contributed by atoms with E-state index in [4.69, 9.17) is 0 Å². The van der Waals surface area contributed by atoms with Crippen LogP contribution in [-0.2, 0) is 9.84 Å². The lowest BCUT2D eigenvalue weighted by molar-refractivity contribution is 0.589. The number of aromatic nitrogens is 2. The van der Waals surface area contributed by atoms with Gasteiger partial charge in [0.25, 0.3) is 5.56 Å². The summed E-state index contributed by atoms with van der Waals surface area (Å²) >= 11 is 0. The van der Waals surface area contributed by atoms with E-state index in [1.54, 1.807) is 0 Å². The van der Waals surface area contributed by atoms with Crippen molar-refractivity contribution in [2.75, 3.05) is 6.26 Å². The molecule has 13 heavy (non-hydrogen) atoms. The summed E-state index contributed by atoms with van der Waals surface area (Å²) in [6.45, 7) is 1.48. The summed E-state index contributed by atoms with van der Waals surface area (Å²) in [5.74, 6) is 0.176. The Morgan fingerprint density at radius 1 is 1.54 bits per heavy atom. The molecule has 72 valence electrons. The predicted molar refractivity (Wildman–Crippen MR) is 48.1 cm³/mol. The Morgan fingerprint density at radius 2 is 2.15 bits per heavy atom. The van der Waals surface area contributed by atoms with Crippen LogP contribution < -0.4 is 5.56 Å². The monoisotopic (exact) mass is 202 g/mol. The average molecular weight is 202 g/mol. The molecule has 1 aromatic rings. The van der Waals surface area contributed by atoms with Crippen LogP contribution in [0.2, 0.25) is 0 Å². The highest BCUT2D eigenvalue weighted by Gasteiger charge is 2.18. The minimum absolute atomic E-state index is 0.176. The van der Waals surface area contributed by atoms with Gasteiger partial charge < -0.3 is 4.98 Å². The summed E-state index contributed by atoms with van der Waals surface area (Å²) in [6.07, 6.45) is 2.39. The molecule has 0 aliphatic rings. The Morgan fingerprint density at radius 3 is 2.62 bits per heavy atom. The summed E-state index contributed by atoms with van der Waals surface area (Å²) in [6, 6.07) is 1.23. The van der Waals surface area contributed by atoms with E-state index < -0.39 is 15.1 Å². The number of H-pyrrole nitrogens is 1. The highest BCUT2D eigenvalue weighted by molar-refractivity contribution is 7.90. The van der Waals surface area contributed by atoms with Gasteiger partial charge in [-0.2, -0.15) is 0 Å². The Labute approximate surface area is 75.8 Å². The molecule has 5 nitrogen and oxygen atoms in total. The van der Waals surface area contributed by atoms with E-state index in [0.29, 0.717) is 0 Å². The normalized spacial score (nSPS) is 14.0. The van der Waals surface area contributed by atoms with E-state index in [0.717, 1.165) is 6.26 Å². The third kappa shape index (κ3) is 2.38. The first-order valence-electron chi connectivity index (χ1n) is 3.65. The first-order valence-corrected chi connectivity index (χ1v) is 5.61. The van der Waals surface area contributed by atoms with Crippen LogP contribution in [0, 0.1) is 0 Å². The molecule has 6 heteroatoms. The Kier molecular flexibility index (Phi) is 2.51. The molecular weight excluding hydrogens is 192 g/mol. The molecule has 1 heterocycles. The van der Waals surface area contributed by atoms with E-state index in [1.165, 1.54) is 19.2 Å². The number of aromatic amines is 1. The van der Waals surface area contributed by atoms with Crippen molar-refractivity contribution >= 4 is 9.84 Å². The third-order valence-corrected chi connectivity index (χ3v) is 3.23. The van der Waals surface area contributed by atoms with E-state index in [9.17, 15) is 13.2 Å². The SMILES string of the molecule is CC(c1nccc(=O)[nH]1)S(C)(=O)=O. The van der Waals surface area contributed by atoms with Crippen LogP contribution in [0.25, 0.3) is 0 Å². The molecule has 1 rings (SSSR count). The van der Waals surface area contributed by atoms with Crippen molar-refractivity contribution in [2.24, 2.45) is 0 Å². The molecule has 1 N–H and O–H groups in total. The zero-order valence-corrected chi connectivity index (χ0v) is 8.13. The molecule has 0 saturated heterocycles.